The zero-order chi connectivity index (χ0) is 9.38. The molecule has 0 saturated heterocycles. The van der Waals surface area contributed by atoms with E-state index in [0.29, 0.717) is 0 Å². The molecule has 72 valence electrons. The van der Waals surface area contributed by atoms with Gasteiger partial charge in [0.2, 0.25) is 4.96 Å². The lowest BCUT2D eigenvalue weighted by Gasteiger charge is -2.10. The quantitative estimate of drug-likeness (QED) is 0.761. The minimum absolute atomic E-state index is 0.956. The first-order chi connectivity index (χ1) is 6.93. The third-order valence-corrected chi connectivity index (χ3v) is 3.33. The molecule has 4 nitrogen and oxygen atoms in total. The lowest BCUT2D eigenvalue weighted by atomic mass is 10.1. The van der Waals surface area contributed by atoms with Crippen LogP contribution in [0.3, 0.4) is 0 Å². The summed E-state index contributed by atoms with van der Waals surface area (Å²) in [5, 5.41) is 8.87. The van der Waals surface area contributed by atoms with E-state index in [2.05, 4.69) is 21.5 Å². The summed E-state index contributed by atoms with van der Waals surface area (Å²) in [5.74, 6) is 0. The Morgan fingerprint density at radius 1 is 1.50 bits per heavy atom. The van der Waals surface area contributed by atoms with E-state index in [0.717, 1.165) is 29.5 Å². The van der Waals surface area contributed by atoms with Gasteiger partial charge in [-0.25, -0.2) is 9.50 Å². The van der Waals surface area contributed by atoms with Crippen LogP contribution in [0.4, 0.5) is 0 Å². The largest absolute Gasteiger partial charge is 0.313 e. The highest BCUT2D eigenvalue weighted by Gasteiger charge is 2.11. The molecule has 0 atom stereocenters. The maximum absolute atomic E-state index is 4.47. The predicted octanol–water partition coefficient (Wildman–Crippen LogP) is 1.17. The number of aromatic nitrogens is 3. The van der Waals surface area contributed by atoms with Crippen molar-refractivity contribution in [3.63, 3.8) is 0 Å². The van der Waals surface area contributed by atoms with E-state index in [4.69, 9.17) is 0 Å². The molecule has 2 aromatic rings. The molecule has 1 aliphatic heterocycles. The van der Waals surface area contributed by atoms with Crippen molar-refractivity contribution in [3.05, 3.63) is 23.5 Å². The Morgan fingerprint density at radius 2 is 2.50 bits per heavy atom. The Labute approximate surface area is 85.3 Å². The highest BCUT2D eigenvalue weighted by atomic mass is 32.1. The topological polar surface area (TPSA) is 42.2 Å². The van der Waals surface area contributed by atoms with E-state index >= 15 is 0 Å². The second kappa shape index (κ2) is 3.18. The number of fused-ring (bicyclic) bond motifs is 1. The van der Waals surface area contributed by atoms with Crippen molar-refractivity contribution in [3.8, 4) is 0 Å². The van der Waals surface area contributed by atoms with Crippen molar-refractivity contribution < 1.29 is 0 Å². The summed E-state index contributed by atoms with van der Waals surface area (Å²) in [5.41, 5.74) is 1.35. The standard InChI is InChI=1S/C9H10N4S/c1-3-10-4-2-7(1)8-12-13-6-5-11-9(13)14-8/h1,5-6,10H,2-4H2. The molecule has 0 unspecified atom stereocenters. The van der Waals surface area contributed by atoms with Crippen LogP contribution in [0, 0.1) is 0 Å². The molecule has 2 aromatic heterocycles. The molecule has 0 aromatic carbocycles. The molecule has 0 bridgehead atoms. The smallest absolute Gasteiger partial charge is 0.212 e. The lowest BCUT2D eigenvalue weighted by molar-refractivity contribution is 0.736. The second-order valence-corrected chi connectivity index (χ2v) is 4.20. The van der Waals surface area contributed by atoms with Crippen molar-refractivity contribution >= 4 is 21.9 Å². The zero-order valence-electron chi connectivity index (χ0n) is 7.60. The molecular weight excluding hydrogens is 196 g/mol. The number of rotatable bonds is 1. The van der Waals surface area contributed by atoms with Crippen LogP contribution in [-0.4, -0.2) is 27.7 Å². The second-order valence-electron chi connectivity index (χ2n) is 3.25. The molecular formula is C9H10N4S. The third-order valence-electron chi connectivity index (χ3n) is 2.31. The fourth-order valence-corrected chi connectivity index (χ4v) is 2.51. The Bertz CT molecular complexity index is 453. The van der Waals surface area contributed by atoms with Crippen molar-refractivity contribution in [1.29, 1.82) is 0 Å². The van der Waals surface area contributed by atoms with Crippen LogP contribution in [0.2, 0.25) is 0 Å². The maximum atomic E-state index is 4.47. The Balaban J connectivity index is 2.04. The Kier molecular flexibility index (Phi) is 1.85. The van der Waals surface area contributed by atoms with Crippen molar-refractivity contribution in [2.24, 2.45) is 0 Å². The maximum Gasteiger partial charge on any atom is 0.212 e. The average molecular weight is 206 g/mol. The molecule has 0 aliphatic carbocycles. The first kappa shape index (κ1) is 8.14. The molecule has 0 spiro atoms. The van der Waals surface area contributed by atoms with E-state index in [-0.39, 0.29) is 0 Å². The minimum Gasteiger partial charge on any atom is -0.313 e. The minimum atomic E-state index is 0.956. The molecule has 0 saturated carbocycles. The summed E-state index contributed by atoms with van der Waals surface area (Å²) >= 11 is 1.66. The first-order valence-electron chi connectivity index (χ1n) is 4.64. The van der Waals surface area contributed by atoms with E-state index < -0.39 is 0 Å². The SMILES string of the molecule is C1=C(c2nn3ccnc3s2)CCNC1. The van der Waals surface area contributed by atoms with Crippen LogP contribution < -0.4 is 5.32 Å². The number of hydrogen-bond acceptors (Lipinski definition) is 4. The average Bonchev–Trinajstić information content (AvgIpc) is 2.78. The molecule has 0 radical (unpaired) electrons. The van der Waals surface area contributed by atoms with Gasteiger partial charge < -0.3 is 5.32 Å². The van der Waals surface area contributed by atoms with Crippen molar-refractivity contribution in [2.45, 2.75) is 6.42 Å². The van der Waals surface area contributed by atoms with Gasteiger partial charge in [0.15, 0.2) is 0 Å². The molecule has 0 amide bonds. The van der Waals surface area contributed by atoms with Crippen LogP contribution in [-0.2, 0) is 0 Å². The number of imidazole rings is 1. The fraction of sp³-hybridized carbons (Fsp3) is 0.333. The van der Waals surface area contributed by atoms with Gasteiger partial charge in [0.05, 0.1) is 6.20 Å². The zero-order valence-corrected chi connectivity index (χ0v) is 8.42. The van der Waals surface area contributed by atoms with Crippen LogP contribution >= 0.6 is 11.3 Å². The number of hydrogen-bond donors (Lipinski definition) is 1. The van der Waals surface area contributed by atoms with E-state index in [9.17, 15) is 0 Å². The number of nitrogens with zero attached hydrogens (tertiary/aromatic N) is 3. The summed E-state index contributed by atoms with van der Waals surface area (Å²) in [4.78, 5) is 5.18. The molecule has 14 heavy (non-hydrogen) atoms. The summed E-state index contributed by atoms with van der Waals surface area (Å²) in [7, 11) is 0. The highest BCUT2D eigenvalue weighted by Crippen LogP contribution is 2.24. The monoisotopic (exact) mass is 206 g/mol. The molecule has 0 fully saturated rings. The van der Waals surface area contributed by atoms with Gasteiger partial charge in [-0.2, -0.15) is 5.10 Å². The molecule has 5 heteroatoms. The predicted molar refractivity (Wildman–Crippen MR) is 56.3 cm³/mol. The van der Waals surface area contributed by atoms with Gasteiger partial charge in [-0.15, -0.1) is 0 Å². The van der Waals surface area contributed by atoms with Gasteiger partial charge in [-0.1, -0.05) is 17.4 Å². The van der Waals surface area contributed by atoms with Crippen LogP contribution in [0.1, 0.15) is 11.4 Å². The Morgan fingerprint density at radius 3 is 3.29 bits per heavy atom. The summed E-state index contributed by atoms with van der Waals surface area (Å²) < 4.78 is 1.84. The summed E-state index contributed by atoms with van der Waals surface area (Å²) in [6.07, 6.45) is 6.94. The van der Waals surface area contributed by atoms with Crippen molar-refractivity contribution in [1.82, 2.24) is 19.9 Å². The first-order valence-corrected chi connectivity index (χ1v) is 5.45. The van der Waals surface area contributed by atoms with Gasteiger partial charge in [-0.05, 0) is 18.5 Å². The fourth-order valence-electron chi connectivity index (χ4n) is 1.58. The van der Waals surface area contributed by atoms with E-state index in [1.165, 1.54) is 5.57 Å². The Hall–Kier alpha value is -1.20. The van der Waals surface area contributed by atoms with Crippen LogP contribution in [0.5, 0.6) is 0 Å². The van der Waals surface area contributed by atoms with Crippen LogP contribution in [0.15, 0.2) is 18.5 Å². The molecule has 1 aliphatic rings. The summed E-state index contributed by atoms with van der Waals surface area (Å²) in [6, 6.07) is 0. The molecule has 1 N–H and O–H groups in total. The van der Waals surface area contributed by atoms with Gasteiger partial charge in [0, 0.05) is 12.7 Å². The summed E-state index contributed by atoms with van der Waals surface area (Å²) in [6.45, 7) is 2.00. The van der Waals surface area contributed by atoms with Gasteiger partial charge in [0.1, 0.15) is 5.01 Å². The molecule has 3 heterocycles. The lowest BCUT2D eigenvalue weighted by Crippen LogP contribution is -2.19. The van der Waals surface area contributed by atoms with E-state index in [1.54, 1.807) is 17.5 Å². The highest BCUT2D eigenvalue weighted by molar-refractivity contribution is 7.17. The van der Waals surface area contributed by atoms with Crippen molar-refractivity contribution in [2.75, 3.05) is 13.1 Å². The number of nitrogens with one attached hydrogen (secondary N) is 1. The van der Waals surface area contributed by atoms with Crippen LogP contribution in [0.25, 0.3) is 10.5 Å². The van der Waals surface area contributed by atoms with E-state index in [1.807, 2.05) is 10.7 Å². The normalized spacial score (nSPS) is 17.3. The van der Waals surface area contributed by atoms with Gasteiger partial charge in [0.25, 0.3) is 0 Å². The van der Waals surface area contributed by atoms with Gasteiger partial charge >= 0.3 is 0 Å². The van der Waals surface area contributed by atoms with Gasteiger partial charge in [-0.3, -0.25) is 0 Å². The third kappa shape index (κ3) is 1.25. The molecule has 3 rings (SSSR count).